The van der Waals surface area contributed by atoms with Crippen LogP contribution in [0.4, 0.5) is 5.82 Å². The van der Waals surface area contributed by atoms with Crippen LogP contribution in [-0.2, 0) is 4.79 Å². The van der Waals surface area contributed by atoms with E-state index in [0.29, 0.717) is 12.4 Å². The van der Waals surface area contributed by atoms with Crippen molar-refractivity contribution in [3.63, 3.8) is 0 Å². The third-order valence-electron chi connectivity index (χ3n) is 1.71. The van der Waals surface area contributed by atoms with Gasteiger partial charge in [0.2, 0.25) is 0 Å². The van der Waals surface area contributed by atoms with Crippen molar-refractivity contribution in [3.8, 4) is 0 Å². The summed E-state index contributed by atoms with van der Waals surface area (Å²) in [5.74, 6) is 0.00384. The van der Waals surface area contributed by atoms with E-state index in [-0.39, 0.29) is 11.7 Å². The minimum atomic E-state index is -0.390. The van der Waals surface area contributed by atoms with Gasteiger partial charge >= 0.3 is 0 Å². The predicted octanol–water partition coefficient (Wildman–Crippen LogP) is 0.198. The van der Waals surface area contributed by atoms with E-state index in [2.05, 4.69) is 10.2 Å². The maximum atomic E-state index is 11.2. The topological polar surface area (TPSA) is 69.2 Å². The Morgan fingerprint density at radius 2 is 2.50 bits per heavy atom. The maximum Gasteiger partial charge on any atom is 0.294 e. The summed E-state index contributed by atoms with van der Waals surface area (Å²) in [7, 11) is 0. The molecule has 5 heteroatoms. The second-order valence-corrected chi connectivity index (χ2v) is 2.45. The van der Waals surface area contributed by atoms with Crippen molar-refractivity contribution in [2.24, 2.45) is 0 Å². The molecule has 0 saturated heterocycles. The summed E-state index contributed by atoms with van der Waals surface area (Å²) in [6.45, 7) is 0.396. The third kappa shape index (κ3) is 0.868. The number of hydrogen-bond donors (Lipinski definition) is 2. The molecule has 1 aromatic heterocycles. The number of carbonyl (C=O) groups excluding carboxylic acids is 1. The van der Waals surface area contributed by atoms with Crippen LogP contribution < -0.4 is 4.90 Å². The molecule has 0 unspecified atom stereocenters. The van der Waals surface area contributed by atoms with Crippen LogP contribution in [0.2, 0.25) is 0 Å². The van der Waals surface area contributed by atoms with Gasteiger partial charge in [-0.05, 0) is 6.08 Å². The number of hydrogen-bond acceptors (Lipinski definition) is 3. The quantitative estimate of drug-likeness (QED) is 0.624. The van der Waals surface area contributed by atoms with Crippen LogP contribution in [0.25, 0.3) is 0 Å². The number of aliphatic hydroxyl groups excluding tert-OH is 1. The van der Waals surface area contributed by atoms with E-state index in [1.54, 1.807) is 12.3 Å². The van der Waals surface area contributed by atoms with E-state index < -0.39 is 0 Å². The van der Waals surface area contributed by atoms with Crippen molar-refractivity contribution < 1.29 is 9.90 Å². The van der Waals surface area contributed by atoms with Crippen molar-refractivity contribution in [1.29, 1.82) is 0 Å². The zero-order chi connectivity index (χ0) is 8.55. The Labute approximate surface area is 68.3 Å². The third-order valence-corrected chi connectivity index (χ3v) is 1.71. The van der Waals surface area contributed by atoms with Gasteiger partial charge in [-0.3, -0.25) is 14.8 Å². The van der Waals surface area contributed by atoms with E-state index in [9.17, 15) is 4.79 Å². The molecule has 0 saturated carbocycles. The standard InChI is InChI=1S/C7H7N3O2/c11-5-2-4-10(7(5)12)6-1-3-8-9-6/h1-3,11H,4H2,(H,8,9). The average molecular weight is 165 g/mol. The molecule has 0 aromatic carbocycles. The van der Waals surface area contributed by atoms with Crippen LogP contribution in [-0.4, -0.2) is 27.8 Å². The Balaban J connectivity index is 2.25. The lowest BCUT2D eigenvalue weighted by Gasteiger charge is -2.11. The van der Waals surface area contributed by atoms with Crippen LogP contribution in [0.3, 0.4) is 0 Å². The van der Waals surface area contributed by atoms with Gasteiger partial charge < -0.3 is 5.11 Å². The fourth-order valence-electron chi connectivity index (χ4n) is 1.09. The number of nitrogens with zero attached hydrogens (tertiary/aromatic N) is 2. The van der Waals surface area contributed by atoms with E-state index in [1.165, 1.54) is 11.0 Å². The molecular weight excluding hydrogens is 158 g/mol. The number of rotatable bonds is 1. The van der Waals surface area contributed by atoms with Gasteiger partial charge in [0.1, 0.15) is 5.82 Å². The van der Waals surface area contributed by atoms with Crippen LogP contribution >= 0.6 is 0 Å². The average Bonchev–Trinajstić information content (AvgIpc) is 2.64. The van der Waals surface area contributed by atoms with Gasteiger partial charge in [-0.25, -0.2) is 0 Å². The first-order chi connectivity index (χ1) is 5.79. The normalized spacial score (nSPS) is 16.8. The molecule has 0 fully saturated rings. The van der Waals surface area contributed by atoms with E-state index in [1.807, 2.05) is 0 Å². The van der Waals surface area contributed by atoms with Gasteiger partial charge in [0, 0.05) is 12.6 Å². The minimum Gasteiger partial charge on any atom is -0.503 e. The zero-order valence-corrected chi connectivity index (χ0v) is 6.19. The Bertz CT molecular complexity index is 328. The van der Waals surface area contributed by atoms with Crippen LogP contribution in [0.5, 0.6) is 0 Å². The number of carbonyl (C=O) groups is 1. The number of aromatic amines is 1. The van der Waals surface area contributed by atoms with Crippen molar-refractivity contribution in [3.05, 3.63) is 24.1 Å². The molecule has 2 rings (SSSR count). The second kappa shape index (κ2) is 2.37. The number of anilines is 1. The Kier molecular flexibility index (Phi) is 1.36. The summed E-state index contributed by atoms with van der Waals surface area (Å²) in [5, 5.41) is 15.3. The molecule has 0 radical (unpaired) electrons. The zero-order valence-electron chi connectivity index (χ0n) is 6.19. The molecular formula is C7H7N3O2. The highest BCUT2D eigenvalue weighted by atomic mass is 16.3. The van der Waals surface area contributed by atoms with Gasteiger partial charge in [-0.1, -0.05) is 0 Å². The number of nitrogens with one attached hydrogen (secondary N) is 1. The molecule has 1 aliphatic heterocycles. The number of aliphatic hydroxyl groups is 1. The number of amides is 1. The fourth-order valence-corrected chi connectivity index (χ4v) is 1.09. The summed E-state index contributed by atoms with van der Waals surface area (Å²) < 4.78 is 0. The highest BCUT2D eigenvalue weighted by molar-refractivity contribution is 6.05. The summed E-state index contributed by atoms with van der Waals surface area (Å²) in [5.41, 5.74) is 0. The highest BCUT2D eigenvalue weighted by Crippen LogP contribution is 2.16. The first-order valence-corrected chi connectivity index (χ1v) is 3.49. The molecule has 5 nitrogen and oxygen atoms in total. The van der Waals surface area contributed by atoms with Crippen molar-refractivity contribution in [2.75, 3.05) is 11.4 Å². The van der Waals surface area contributed by atoms with Crippen LogP contribution in [0.1, 0.15) is 0 Å². The highest BCUT2D eigenvalue weighted by Gasteiger charge is 2.24. The molecule has 0 aliphatic carbocycles. The number of aromatic nitrogens is 2. The summed E-state index contributed by atoms with van der Waals surface area (Å²) >= 11 is 0. The van der Waals surface area contributed by atoms with Crippen LogP contribution in [0.15, 0.2) is 24.1 Å². The van der Waals surface area contributed by atoms with Gasteiger partial charge in [0.05, 0.1) is 6.20 Å². The van der Waals surface area contributed by atoms with Crippen molar-refractivity contribution in [1.82, 2.24) is 10.2 Å². The lowest BCUT2D eigenvalue weighted by molar-refractivity contribution is -0.116. The lowest BCUT2D eigenvalue weighted by atomic mass is 10.5. The van der Waals surface area contributed by atoms with Crippen LogP contribution in [0, 0.1) is 0 Å². The summed E-state index contributed by atoms with van der Waals surface area (Å²) in [6.07, 6.45) is 3.02. The first kappa shape index (κ1) is 6.90. The maximum absolute atomic E-state index is 11.2. The SMILES string of the molecule is O=C1C(O)=CCN1c1ccn[nH]1. The summed E-state index contributed by atoms with van der Waals surface area (Å²) in [4.78, 5) is 12.6. The minimum absolute atomic E-state index is 0.204. The molecule has 1 aromatic rings. The predicted molar refractivity (Wildman–Crippen MR) is 41.7 cm³/mol. The van der Waals surface area contributed by atoms with Gasteiger partial charge in [-0.15, -0.1) is 0 Å². The number of H-pyrrole nitrogens is 1. The van der Waals surface area contributed by atoms with E-state index in [4.69, 9.17) is 5.11 Å². The van der Waals surface area contributed by atoms with Crippen molar-refractivity contribution >= 4 is 11.7 Å². The van der Waals surface area contributed by atoms with E-state index >= 15 is 0 Å². The molecule has 0 spiro atoms. The molecule has 12 heavy (non-hydrogen) atoms. The molecule has 2 N–H and O–H groups in total. The molecule has 1 aliphatic rings. The molecule has 62 valence electrons. The van der Waals surface area contributed by atoms with Crippen molar-refractivity contribution in [2.45, 2.75) is 0 Å². The Morgan fingerprint density at radius 1 is 1.67 bits per heavy atom. The van der Waals surface area contributed by atoms with E-state index in [0.717, 1.165) is 0 Å². The monoisotopic (exact) mass is 165 g/mol. The fraction of sp³-hybridized carbons (Fsp3) is 0.143. The molecule has 1 amide bonds. The second-order valence-electron chi connectivity index (χ2n) is 2.45. The molecule has 0 atom stereocenters. The smallest absolute Gasteiger partial charge is 0.294 e. The lowest BCUT2D eigenvalue weighted by Crippen LogP contribution is -2.26. The van der Waals surface area contributed by atoms with Gasteiger partial charge in [0.25, 0.3) is 5.91 Å². The van der Waals surface area contributed by atoms with Gasteiger partial charge in [0.15, 0.2) is 5.76 Å². The molecule has 2 heterocycles. The largest absolute Gasteiger partial charge is 0.503 e. The molecule has 0 bridgehead atoms. The first-order valence-electron chi connectivity index (χ1n) is 3.49. The Morgan fingerprint density at radius 3 is 3.00 bits per heavy atom. The Hall–Kier alpha value is -1.78. The van der Waals surface area contributed by atoms with Gasteiger partial charge in [-0.2, -0.15) is 5.10 Å². The summed E-state index contributed by atoms with van der Waals surface area (Å²) in [6, 6.07) is 1.67.